The van der Waals surface area contributed by atoms with Crippen LogP contribution in [0.2, 0.25) is 0 Å². The van der Waals surface area contributed by atoms with Crippen LogP contribution in [0, 0.1) is 5.82 Å². The summed E-state index contributed by atoms with van der Waals surface area (Å²) in [5.41, 5.74) is 1.13. The number of anilines is 1. The second-order valence-corrected chi connectivity index (χ2v) is 7.46. The first-order valence-corrected chi connectivity index (χ1v) is 9.53. The van der Waals surface area contributed by atoms with Gasteiger partial charge in [-0.05, 0) is 30.7 Å². The molecule has 4 nitrogen and oxygen atoms in total. The summed E-state index contributed by atoms with van der Waals surface area (Å²) in [6.45, 7) is 2.50. The highest BCUT2D eigenvalue weighted by Gasteiger charge is 2.29. The molecule has 3 rings (SSSR count). The Morgan fingerprint density at radius 2 is 1.83 bits per heavy atom. The molecule has 0 N–H and O–H groups in total. The van der Waals surface area contributed by atoms with Crippen molar-refractivity contribution in [1.29, 1.82) is 0 Å². The van der Waals surface area contributed by atoms with Crippen LogP contribution in [-0.4, -0.2) is 20.1 Å². The Bertz CT molecular complexity index is 866. The number of nitrogens with zero attached hydrogens (tertiary/aromatic N) is 2. The van der Waals surface area contributed by atoms with Crippen molar-refractivity contribution in [3.63, 3.8) is 0 Å². The number of rotatable bonds is 3. The highest BCUT2D eigenvalue weighted by atomic mass is 32.2. The summed E-state index contributed by atoms with van der Waals surface area (Å²) in [4.78, 5) is 2.04. The lowest BCUT2D eigenvalue weighted by Crippen LogP contribution is -2.33. The maximum Gasteiger partial charge on any atom is 0.286 e. The third-order valence-corrected chi connectivity index (χ3v) is 5.95. The lowest BCUT2D eigenvalue weighted by Gasteiger charge is -2.29. The van der Waals surface area contributed by atoms with Crippen LogP contribution >= 0.6 is 11.8 Å². The minimum absolute atomic E-state index is 0.206. The SMILES string of the molecule is CCN1C(SCc2ccccc2F)=NS(=O)(=O)c2ccccc21. The van der Waals surface area contributed by atoms with Crippen LogP contribution in [0.5, 0.6) is 0 Å². The van der Waals surface area contributed by atoms with Crippen molar-refractivity contribution in [3.05, 3.63) is 59.9 Å². The minimum Gasteiger partial charge on any atom is -0.319 e. The number of halogens is 1. The van der Waals surface area contributed by atoms with Gasteiger partial charge in [0, 0.05) is 12.3 Å². The minimum atomic E-state index is -3.72. The van der Waals surface area contributed by atoms with Crippen molar-refractivity contribution in [1.82, 2.24) is 0 Å². The van der Waals surface area contributed by atoms with E-state index >= 15 is 0 Å². The monoisotopic (exact) mass is 350 g/mol. The molecule has 1 aliphatic heterocycles. The smallest absolute Gasteiger partial charge is 0.286 e. The van der Waals surface area contributed by atoms with Crippen LogP contribution in [0.3, 0.4) is 0 Å². The van der Waals surface area contributed by atoms with Crippen LogP contribution in [0.1, 0.15) is 12.5 Å². The van der Waals surface area contributed by atoms with E-state index in [4.69, 9.17) is 0 Å². The van der Waals surface area contributed by atoms with Gasteiger partial charge in [0.15, 0.2) is 5.17 Å². The lowest BCUT2D eigenvalue weighted by molar-refractivity contribution is 0.597. The fraction of sp³-hybridized carbons (Fsp3) is 0.188. The number of hydrogen-bond donors (Lipinski definition) is 0. The molecular weight excluding hydrogens is 335 g/mol. The molecule has 0 amide bonds. The van der Waals surface area contributed by atoms with Gasteiger partial charge in [-0.2, -0.15) is 8.42 Å². The van der Waals surface area contributed by atoms with Gasteiger partial charge in [0.1, 0.15) is 10.7 Å². The van der Waals surface area contributed by atoms with Crippen LogP contribution in [0.15, 0.2) is 57.8 Å². The fourth-order valence-corrected chi connectivity index (χ4v) is 4.87. The molecule has 1 heterocycles. The van der Waals surface area contributed by atoms with Crippen molar-refractivity contribution < 1.29 is 12.8 Å². The van der Waals surface area contributed by atoms with Crippen molar-refractivity contribution in [3.8, 4) is 0 Å². The molecule has 0 saturated heterocycles. The molecule has 23 heavy (non-hydrogen) atoms. The first-order chi connectivity index (χ1) is 11.0. The Labute approximate surface area is 139 Å². The normalized spacial score (nSPS) is 15.9. The number of benzene rings is 2. The van der Waals surface area contributed by atoms with Gasteiger partial charge in [0.25, 0.3) is 10.0 Å². The second kappa shape index (κ2) is 6.33. The predicted octanol–water partition coefficient (Wildman–Crippen LogP) is 3.64. The highest BCUT2D eigenvalue weighted by Crippen LogP contribution is 2.34. The first kappa shape index (κ1) is 16.0. The van der Waals surface area contributed by atoms with E-state index in [2.05, 4.69) is 4.40 Å². The second-order valence-electron chi connectivity index (χ2n) is 4.94. The average Bonchev–Trinajstić information content (AvgIpc) is 2.54. The van der Waals surface area contributed by atoms with Crippen LogP contribution in [0.4, 0.5) is 10.1 Å². The predicted molar refractivity (Wildman–Crippen MR) is 91.8 cm³/mol. The van der Waals surface area contributed by atoms with E-state index in [9.17, 15) is 12.8 Å². The third-order valence-electron chi connectivity index (χ3n) is 3.49. The zero-order valence-electron chi connectivity index (χ0n) is 12.4. The van der Waals surface area contributed by atoms with Gasteiger partial charge < -0.3 is 4.90 Å². The standard InChI is InChI=1S/C16H15FN2O2S2/c1-2-19-14-9-5-6-10-15(14)23(20,21)18-16(19)22-11-12-7-3-4-8-13(12)17/h3-10H,2,11H2,1H3. The van der Waals surface area contributed by atoms with Gasteiger partial charge in [-0.25, -0.2) is 4.39 Å². The molecule has 0 unspecified atom stereocenters. The molecule has 2 aromatic carbocycles. The van der Waals surface area contributed by atoms with Gasteiger partial charge in [-0.1, -0.05) is 42.1 Å². The van der Waals surface area contributed by atoms with Crippen molar-refractivity contribution >= 4 is 32.6 Å². The van der Waals surface area contributed by atoms with Crippen molar-refractivity contribution in [2.24, 2.45) is 4.40 Å². The van der Waals surface area contributed by atoms with E-state index < -0.39 is 10.0 Å². The van der Waals surface area contributed by atoms with E-state index in [0.717, 1.165) is 0 Å². The van der Waals surface area contributed by atoms with Crippen LogP contribution < -0.4 is 4.90 Å². The number of para-hydroxylation sites is 1. The summed E-state index contributed by atoms with van der Waals surface area (Å²) in [5, 5.41) is 0.370. The molecule has 1 aliphatic rings. The third kappa shape index (κ3) is 3.11. The quantitative estimate of drug-likeness (QED) is 0.848. The Kier molecular flexibility index (Phi) is 4.41. The zero-order chi connectivity index (χ0) is 16.4. The zero-order valence-corrected chi connectivity index (χ0v) is 14.1. The Morgan fingerprint density at radius 1 is 1.13 bits per heavy atom. The molecule has 0 radical (unpaired) electrons. The van der Waals surface area contributed by atoms with E-state index in [-0.39, 0.29) is 10.7 Å². The summed E-state index contributed by atoms with van der Waals surface area (Å²) in [7, 11) is -3.72. The molecule has 0 fully saturated rings. The van der Waals surface area contributed by atoms with Crippen LogP contribution in [0.25, 0.3) is 0 Å². The Morgan fingerprint density at radius 3 is 2.57 bits per heavy atom. The maximum absolute atomic E-state index is 13.7. The van der Waals surface area contributed by atoms with Gasteiger partial charge in [-0.3, -0.25) is 0 Å². The molecule has 7 heteroatoms. The van der Waals surface area contributed by atoms with Gasteiger partial charge in [-0.15, -0.1) is 4.40 Å². The van der Waals surface area contributed by atoms with E-state index in [1.165, 1.54) is 17.8 Å². The molecule has 0 aliphatic carbocycles. The van der Waals surface area contributed by atoms with E-state index in [1.54, 1.807) is 42.5 Å². The summed E-state index contributed by atoms with van der Waals surface area (Å²) in [6.07, 6.45) is 0. The van der Waals surface area contributed by atoms with Gasteiger partial charge >= 0.3 is 0 Å². The molecule has 120 valence electrons. The lowest BCUT2D eigenvalue weighted by atomic mass is 10.2. The Balaban J connectivity index is 1.93. The summed E-state index contributed by atoms with van der Waals surface area (Å²) < 4.78 is 42.3. The van der Waals surface area contributed by atoms with Crippen molar-refractivity contribution in [2.45, 2.75) is 17.6 Å². The summed E-state index contributed by atoms with van der Waals surface area (Å²) >= 11 is 1.22. The molecule has 0 aromatic heterocycles. The summed E-state index contributed by atoms with van der Waals surface area (Å²) in [6, 6.07) is 13.2. The van der Waals surface area contributed by atoms with Gasteiger partial charge in [0.05, 0.1) is 5.69 Å². The van der Waals surface area contributed by atoms with Crippen molar-refractivity contribution in [2.75, 3.05) is 11.4 Å². The van der Waals surface area contributed by atoms with E-state index in [0.29, 0.717) is 28.7 Å². The summed E-state index contributed by atoms with van der Waals surface area (Å²) in [5.74, 6) is 0.0161. The maximum atomic E-state index is 13.7. The highest BCUT2D eigenvalue weighted by molar-refractivity contribution is 8.14. The molecular formula is C16H15FN2O2S2. The molecule has 0 saturated carbocycles. The number of hydrogen-bond acceptors (Lipinski definition) is 4. The number of amidine groups is 1. The number of fused-ring (bicyclic) bond motifs is 1. The fourth-order valence-electron chi connectivity index (χ4n) is 2.37. The largest absolute Gasteiger partial charge is 0.319 e. The molecule has 0 atom stereocenters. The average molecular weight is 350 g/mol. The number of thioether (sulfide) groups is 1. The van der Waals surface area contributed by atoms with Gasteiger partial charge in [0.2, 0.25) is 0 Å². The van der Waals surface area contributed by atoms with Crippen LogP contribution in [-0.2, 0) is 15.8 Å². The first-order valence-electron chi connectivity index (χ1n) is 7.10. The molecule has 0 spiro atoms. The molecule has 2 aromatic rings. The van der Waals surface area contributed by atoms with E-state index in [1.807, 2.05) is 11.8 Å². The number of sulfonamides is 1. The molecule has 0 bridgehead atoms. The Hall–Kier alpha value is -1.86. The topological polar surface area (TPSA) is 49.7 Å².